The molecule has 1 aliphatic heterocycles. The van der Waals surface area contributed by atoms with Crippen molar-refractivity contribution in [3.8, 4) is 0 Å². The molecule has 0 spiro atoms. The number of nitrogens with zero attached hydrogens (tertiary/aromatic N) is 1. The van der Waals surface area contributed by atoms with Gasteiger partial charge >= 0.3 is 0 Å². The summed E-state index contributed by atoms with van der Waals surface area (Å²) in [6, 6.07) is 6.08. The fraction of sp³-hybridized carbons (Fsp3) is 0.417. The number of likely N-dealkylation sites (N-methyl/N-ethyl adjacent to an activating group) is 1. The van der Waals surface area contributed by atoms with Gasteiger partial charge in [-0.15, -0.1) is 12.4 Å². The normalized spacial score (nSPS) is 18.9. The molecule has 0 unspecified atom stereocenters. The molecule has 1 N–H and O–H groups in total. The lowest BCUT2D eigenvalue weighted by Crippen LogP contribution is -2.33. The number of benzene rings is 1. The van der Waals surface area contributed by atoms with Crippen LogP contribution in [0.4, 0.5) is 4.39 Å². The van der Waals surface area contributed by atoms with Crippen LogP contribution in [0.3, 0.4) is 0 Å². The van der Waals surface area contributed by atoms with E-state index < -0.39 is 0 Å². The zero-order valence-electron chi connectivity index (χ0n) is 9.65. The molecular formula is C12H16ClFN2O. The SMILES string of the molecule is CN[C@H]1CCN(C(=O)c2ccc(F)cc2)C1.Cl. The summed E-state index contributed by atoms with van der Waals surface area (Å²) in [5.74, 6) is -0.330. The van der Waals surface area contributed by atoms with Crippen LogP contribution < -0.4 is 5.32 Å². The summed E-state index contributed by atoms with van der Waals surface area (Å²) >= 11 is 0. The number of likely N-dealkylation sites (tertiary alicyclic amines) is 1. The number of halogens is 2. The van der Waals surface area contributed by atoms with E-state index >= 15 is 0 Å². The second kappa shape index (κ2) is 5.98. The highest BCUT2D eigenvalue weighted by Crippen LogP contribution is 2.13. The van der Waals surface area contributed by atoms with Crippen LogP contribution in [0.25, 0.3) is 0 Å². The Balaban J connectivity index is 0.00000144. The van der Waals surface area contributed by atoms with Gasteiger partial charge in [-0.1, -0.05) is 0 Å². The minimum absolute atomic E-state index is 0. The molecule has 1 aromatic rings. The maximum atomic E-state index is 12.7. The number of amides is 1. The van der Waals surface area contributed by atoms with Crippen molar-refractivity contribution < 1.29 is 9.18 Å². The first-order valence-corrected chi connectivity index (χ1v) is 5.43. The number of hydrogen-bond acceptors (Lipinski definition) is 2. The van der Waals surface area contributed by atoms with Crippen LogP contribution in [0.1, 0.15) is 16.8 Å². The van der Waals surface area contributed by atoms with Crippen LogP contribution in [0.15, 0.2) is 24.3 Å². The second-order valence-corrected chi connectivity index (χ2v) is 4.03. The van der Waals surface area contributed by atoms with E-state index in [2.05, 4.69) is 5.32 Å². The smallest absolute Gasteiger partial charge is 0.253 e. The third kappa shape index (κ3) is 3.17. The molecule has 1 amide bonds. The summed E-state index contributed by atoms with van der Waals surface area (Å²) < 4.78 is 12.7. The highest BCUT2D eigenvalue weighted by Gasteiger charge is 2.25. The van der Waals surface area contributed by atoms with Crippen molar-refractivity contribution in [3.63, 3.8) is 0 Å². The van der Waals surface area contributed by atoms with Gasteiger partial charge in [0.15, 0.2) is 0 Å². The minimum Gasteiger partial charge on any atom is -0.337 e. The summed E-state index contributed by atoms with van der Waals surface area (Å²) in [5, 5.41) is 3.16. The van der Waals surface area contributed by atoms with E-state index in [4.69, 9.17) is 0 Å². The Bertz CT molecular complexity index is 383. The molecule has 0 aliphatic carbocycles. The quantitative estimate of drug-likeness (QED) is 0.876. The van der Waals surface area contributed by atoms with E-state index in [1.807, 2.05) is 7.05 Å². The maximum absolute atomic E-state index is 12.7. The lowest BCUT2D eigenvalue weighted by molar-refractivity contribution is 0.0789. The summed E-state index contributed by atoms with van der Waals surface area (Å²) in [4.78, 5) is 13.8. The highest BCUT2D eigenvalue weighted by molar-refractivity contribution is 5.94. The third-order valence-electron chi connectivity index (χ3n) is 2.97. The highest BCUT2D eigenvalue weighted by atomic mass is 35.5. The fourth-order valence-corrected chi connectivity index (χ4v) is 1.96. The van der Waals surface area contributed by atoms with E-state index in [1.54, 1.807) is 4.90 Å². The molecule has 5 heteroatoms. The van der Waals surface area contributed by atoms with Gasteiger partial charge in [-0.25, -0.2) is 4.39 Å². The van der Waals surface area contributed by atoms with Crippen LogP contribution in [0.5, 0.6) is 0 Å². The van der Waals surface area contributed by atoms with Crippen molar-refractivity contribution in [3.05, 3.63) is 35.6 Å². The zero-order valence-corrected chi connectivity index (χ0v) is 10.5. The van der Waals surface area contributed by atoms with E-state index in [9.17, 15) is 9.18 Å². The first-order valence-electron chi connectivity index (χ1n) is 5.43. The van der Waals surface area contributed by atoms with Gasteiger partial charge in [-0.2, -0.15) is 0 Å². The van der Waals surface area contributed by atoms with Crippen molar-refractivity contribution in [1.82, 2.24) is 10.2 Å². The Hall–Kier alpha value is -1.13. The van der Waals surface area contributed by atoms with Crippen molar-refractivity contribution in [2.45, 2.75) is 12.5 Å². The summed E-state index contributed by atoms with van der Waals surface area (Å²) in [6.45, 7) is 1.49. The van der Waals surface area contributed by atoms with E-state index in [-0.39, 0.29) is 24.1 Å². The van der Waals surface area contributed by atoms with Crippen LogP contribution >= 0.6 is 12.4 Å². The van der Waals surface area contributed by atoms with Crippen LogP contribution in [0, 0.1) is 5.82 Å². The Morgan fingerprint density at radius 2 is 2.06 bits per heavy atom. The Labute approximate surface area is 106 Å². The van der Waals surface area contributed by atoms with Crippen molar-refractivity contribution in [2.75, 3.05) is 20.1 Å². The van der Waals surface area contributed by atoms with Gasteiger partial charge in [0, 0.05) is 24.7 Å². The molecule has 1 atom stereocenters. The molecule has 17 heavy (non-hydrogen) atoms. The van der Waals surface area contributed by atoms with E-state index in [1.165, 1.54) is 24.3 Å². The first kappa shape index (κ1) is 13.9. The molecule has 1 saturated heterocycles. The maximum Gasteiger partial charge on any atom is 0.253 e. The van der Waals surface area contributed by atoms with Gasteiger partial charge in [0.1, 0.15) is 5.82 Å². The molecule has 1 aliphatic rings. The molecular weight excluding hydrogens is 243 g/mol. The standard InChI is InChI=1S/C12H15FN2O.ClH/c1-14-11-6-7-15(8-11)12(16)9-2-4-10(13)5-3-9;/h2-5,11,14H,6-8H2,1H3;1H/t11-;/m0./s1. The predicted molar refractivity (Wildman–Crippen MR) is 67.0 cm³/mol. The number of carbonyl (C=O) groups excluding carboxylic acids is 1. The number of nitrogens with one attached hydrogen (secondary N) is 1. The van der Waals surface area contributed by atoms with Crippen molar-refractivity contribution in [1.29, 1.82) is 0 Å². The fourth-order valence-electron chi connectivity index (χ4n) is 1.96. The molecule has 2 rings (SSSR count). The average Bonchev–Trinajstić information content (AvgIpc) is 2.77. The summed E-state index contributed by atoms with van der Waals surface area (Å²) in [5.41, 5.74) is 0.554. The lowest BCUT2D eigenvalue weighted by atomic mass is 10.2. The minimum atomic E-state index is -0.314. The third-order valence-corrected chi connectivity index (χ3v) is 2.97. The molecule has 0 bridgehead atoms. The Kier molecular flexibility index (Phi) is 4.90. The molecule has 0 aromatic heterocycles. The van der Waals surface area contributed by atoms with Crippen LogP contribution in [0.2, 0.25) is 0 Å². The van der Waals surface area contributed by atoms with Crippen LogP contribution in [-0.2, 0) is 0 Å². The van der Waals surface area contributed by atoms with Crippen molar-refractivity contribution in [2.24, 2.45) is 0 Å². The van der Waals surface area contributed by atoms with Crippen LogP contribution in [-0.4, -0.2) is 37.0 Å². The molecule has 0 radical (unpaired) electrons. The van der Waals surface area contributed by atoms with Gasteiger partial charge < -0.3 is 10.2 Å². The monoisotopic (exact) mass is 258 g/mol. The second-order valence-electron chi connectivity index (χ2n) is 4.03. The molecule has 1 fully saturated rings. The van der Waals surface area contributed by atoms with Gasteiger partial charge in [0.2, 0.25) is 0 Å². The number of hydrogen-bond donors (Lipinski definition) is 1. The topological polar surface area (TPSA) is 32.3 Å². The summed E-state index contributed by atoms with van der Waals surface area (Å²) in [7, 11) is 1.90. The Morgan fingerprint density at radius 3 is 2.59 bits per heavy atom. The van der Waals surface area contributed by atoms with Gasteiger partial charge in [0.25, 0.3) is 5.91 Å². The average molecular weight is 259 g/mol. The zero-order chi connectivity index (χ0) is 11.5. The molecule has 0 saturated carbocycles. The molecule has 94 valence electrons. The first-order chi connectivity index (χ1) is 7.70. The molecule has 1 aromatic carbocycles. The number of rotatable bonds is 2. The van der Waals surface area contributed by atoms with Crippen molar-refractivity contribution >= 4 is 18.3 Å². The molecule has 1 heterocycles. The predicted octanol–water partition coefficient (Wildman–Crippen LogP) is 1.68. The number of carbonyl (C=O) groups is 1. The van der Waals surface area contributed by atoms with E-state index in [0.717, 1.165) is 19.5 Å². The Morgan fingerprint density at radius 1 is 1.41 bits per heavy atom. The largest absolute Gasteiger partial charge is 0.337 e. The molecule has 3 nitrogen and oxygen atoms in total. The van der Waals surface area contributed by atoms with E-state index in [0.29, 0.717) is 11.6 Å². The van der Waals surface area contributed by atoms with Gasteiger partial charge in [-0.05, 0) is 37.7 Å². The van der Waals surface area contributed by atoms with Gasteiger partial charge in [0.05, 0.1) is 0 Å². The lowest BCUT2D eigenvalue weighted by Gasteiger charge is -2.16. The summed E-state index contributed by atoms with van der Waals surface area (Å²) in [6.07, 6.45) is 0.976. The van der Waals surface area contributed by atoms with Gasteiger partial charge in [-0.3, -0.25) is 4.79 Å².